The second-order valence-electron chi connectivity index (χ2n) is 9.25. The number of fused-ring (bicyclic) bond motifs is 1. The SMILES string of the molecule is COc1ccc2c(c1)c([C@@H](O)C[NH+]1CCN(c3ccccc3)CC1)c(C)n2Cc1ccccc1. The Morgan fingerprint density at radius 2 is 1.62 bits per heavy atom. The van der Waals surface area contributed by atoms with Gasteiger partial charge in [0.15, 0.2) is 0 Å². The summed E-state index contributed by atoms with van der Waals surface area (Å²) in [6.45, 7) is 7.70. The van der Waals surface area contributed by atoms with Gasteiger partial charge in [0.05, 0.1) is 33.3 Å². The van der Waals surface area contributed by atoms with Gasteiger partial charge in [-0.25, -0.2) is 0 Å². The molecule has 0 aliphatic carbocycles. The molecular formula is C29H34N3O2+. The molecule has 2 heterocycles. The van der Waals surface area contributed by atoms with Gasteiger partial charge < -0.3 is 24.2 Å². The van der Waals surface area contributed by atoms with Crippen LogP contribution >= 0.6 is 0 Å². The Balaban J connectivity index is 1.38. The first-order valence-electron chi connectivity index (χ1n) is 12.2. The lowest BCUT2D eigenvalue weighted by molar-refractivity contribution is -0.904. The topological polar surface area (TPSA) is 42.1 Å². The lowest BCUT2D eigenvalue weighted by atomic mass is 10.0. The van der Waals surface area contributed by atoms with E-state index in [1.807, 2.05) is 12.1 Å². The van der Waals surface area contributed by atoms with Crippen molar-refractivity contribution < 1.29 is 14.7 Å². The molecule has 0 amide bonds. The Hall–Kier alpha value is -3.28. The normalized spacial score (nSPS) is 15.6. The van der Waals surface area contributed by atoms with Gasteiger partial charge in [0, 0.05) is 34.4 Å². The summed E-state index contributed by atoms with van der Waals surface area (Å²) in [7, 11) is 1.70. The highest BCUT2D eigenvalue weighted by molar-refractivity contribution is 5.87. The van der Waals surface area contributed by atoms with E-state index in [0.717, 1.165) is 60.6 Å². The van der Waals surface area contributed by atoms with E-state index in [1.165, 1.54) is 16.2 Å². The molecule has 0 saturated carbocycles. The van der Waals surface area contributed by atoms with Crippen molar-refractivity contribution in [3.63, 3.8) is 0 Å². The van der Waals surface area contributed by atoms with Crippen molar-refractivity contribution in [2.45, 2.75) is 19.6 Å². The molecule has 1 saturated heterocycles. The zero-order chi connectivity index (χ0) is 23.5. The number of ether oxygens (including phenoxy) is 1. The number of nitrogens with one attached hydrogen (secondary N) is 1. The molecular weight excluding hydrogens is 422 g/mol. The number of methoxy groups -OCH3 is 1. The van der Waals surface area contributed by atoms with Crippen LogP contribution in [-0.4, -0.2) is 49.5 Å². The molecule has 5 nitrogen and oxygen atoms in total. The van der Waals surface area contributed by atoms with Crippen LogP contribution in [0.5, 0.6) is 5.75 Å². The average Bonchev–Trinajstić information content (AvgIpc) is 3.16. The number of para-hydroxylation sites is 1. The van der Waals surface area contributed by atoms with Crippen LogP contribution in [0.1, 0.15) is 22.9 Å². The molecule has 2 N–H and O–H groups in total. The van der Waals surface area contributed by atoms with E-state index in [2.05, 4.69) is 83.1 Å². The summed E-state index contributed by atoms with van der Waals surface area (Å²) < 4.78 is 7.85. The van der Waals surface area contributed by atoms with Crippen molar-refractivity contribution in [3.05, 3.63) is 95.7 Å². The zero-order valence-electron chi connectivity index (χ0n) is 20.1. The lowest BCUT2D eigenvalue weighted by Crippen LogP contribution is -3.15. The highest BCUT2D eigenvalue weighted by Crippen LogP contribution is 2.33. The van der Waals surface area contributed by atoms with Crippen LogP contribution in [0.4, 0.5) is 5.69 Å². The van der Waals surface area contributed by atoms with E-state index in [4.69, 9.17) is 4.74 Å². The monoisotopic (exact) mass is 456 g/mol. The number of quaternary nitrogens is 1. The number of benzene rings is 3. The fraction of sp³-hybridized carbons (Fsp3) is 0.310. The van der Waals surface area contributed by atoms with E-state index < -0.39 is 6.10 Å². The summed E-state index contributed by atoms with van der Waals surface area (Å²) in [5, 5.41) is 12.6. The first kappa shape index (κ1) is 22.5. The number of anilines is 1. The van der Waals surface area contributed by atoms with Crippen molar-refractivity contribution in [1.29, 1.82) is 0 Å². The molecule has 4 aromatic rings. The average molecular weight is 457 g/mol. The smallest absolute Gasteiger partial charge is 0.130 e. The molecule has 0 radical (unpaired) electrons. The summed E-state index contributed by atoms with van der Waals surface area (Å²) in [5.41, 5.74) is 5.83. The first-order chi connectivity index (χ1) is 16.6. The van der Waals surface area contributed by atoms with E-state index >= 15 is 0 Å². The zero-order valence-corrected chi connectivity index (χ0v) is 20.1. The predicted molar refractivity (Wildman–Crippen MR) is 138 cm³/mol. The number of nitrogens with zero attached hydrogens (tertiary/aromatic N) is 2. The molecule has 176 valence electrons. The maximum atomic E-state index is 11.5. The number of aromatic nitrogens is 1. The molecule has 0 spiro atoms. The quantitative estimate of drug-likeness (QED) is 0.448. The fourth-order valence-corrected chi connectivity index (χ4v) is 5.30. The Morgan fingerprint density at radius 3 is 2.29 bits per heavy atom. The fourth-order valence-electron chi connectivity index (χ4n) is 5.30. The van der Waals surface area contributed by atoms with E-state index in [1.54, 1.807) is 7.11 Å². The van der Waals surface area contributed by atoms with Gasteiger partial charge in [-0.1, -0.05) is 48.5 Å². The van der Waals surface area contributed by atoms with Crippen LogP contribution in [0.25, 0.3) is 10.9 Å². The van der Waals surface area contributed by atoms with Crippen molar-refractivity contribution in [2.24, 2.45) is 0 Å². The molecule has 1 aliphatic rings. The summed E-state index contributed by atoms with van der Waals surface area (Å²) in [6.07, 6.45) is -0.523. The van der Waals surface area contributed by atoms with Crippen LogP contribution < -0.4 is 14.5 Å². The highest BCUT2D eigenvalue weighted by atomic mass is 16.5. The van der Waals surface area contributed by atoms with Crippen molar-refractivity contribution in [1.82, 2.24) is 4.57 Å². The van der Waals surface area contributed by atoms with Crippen LogP contribution in [0.15, 0.2) is 78.9 Å². The molecule has 5 rings (SSSR count). The van der Waals surface area contributed by atoms with Gasteiger partial charge in [-0.2, -0.15) is 0 Å². The van der Waals surface area contributed by atoms with E-state index in [-0.39, 0.29) is 0 Å². The van der Waals surface area contributed by atoms with Crippen molar-refractivity contribution >= 4 is 16.6 Å². The second-order valence-corrected chi connectivity index (χ2v) is 9.25. The van der Waals surface area contributed by atoms with Gasteiger partial charge in [0.1, 0.15) is 18.4 Å². The van der Waals surface area contributed by atoms with Gasteiger partial charge in [0.25, 0.3) is 0 Å². The number of piperazine rings is 1. The molecule has 0 unspecified atom stereocenters. The Kier molecular flexibility index (Phi) is 6.57. The van der Waals surface area contributed by atoms with Crippen molar-refractivity contribution in [2.75, 3.05) is 44.7 Å². The van der Waals surface area contributed by atoms with Gasteiger partial charge in [-0.3, -0.25) is 0 Å². The third-order valence-electron chi connectivity index (χ3n) is 7.17. The Bertz CT molecular complexity index is 1230. The maximum Gasteiger partial charge on any atom is 0.130 e. The summed E-state index contributed by atoms with van der Waals surface area (Å²) in [5.74, 6) is 0.821. The maximum absolute atomic E-state index is 11.5. The number of hydrogen-bond acceptors (Lipinski definition) is 3. The minimum absolute atomic E-state index is 0.523. The molecule has 34 heavy (non-hydrogen) atoms. The van der Waals surface area contributed by atoms with Crippen molar-refractivity contribution in [3.8, 4) is 5.75 Å². The molecule has 1 atom stereocenters. The van der Waals surface area contributed by atoms with Crippen LogP contribution in [0, 0.1) is 6.92 Å². The first-order valence-corrected chi connectivity index (χ1v) is 12.2. The van der Waals surface area contributed by atoms with Crippen LogP contribution in [0.3, 0.4) is 0 Å². The number of rotatable bonds is 7. The molecule has 5 heteroatoms. The highest BCUT2D eigenvalue weighted by Gasteiger charge is 2.27. The van der Waals surface area contributed by atoms with Gasteiger partial charge in [-0.15, -0.1) is 0 Å². The Labute approximate surface area is 201 Å². The molecule has 1 aromatic heterocycles. The molecule has 3 aromatic carbocycles. The third-order valence-corrected chi connectivity index (χ3v) is 7.17. The van der Waals surface area contributed by atoms with Crippen LogP contribution in [0.2, 0.25) is 0 Å². The number of hydrogen-bond donors (Lipinski definition) is 2. The van der Waals surface area contributed by atoms with Gasteiger partial charge in [0.2, 0.25) is 0 Å². The molecule has 0 bridgehead atoms. The van der Waals surface area contributed by atoms with Gasteiger partial charge in [-0.05, 0) is 42.8 Å². The van der Waals surface area contributed by atoms with Gasteiger partial charge >= 0.3 is 0 Å². The lowest BCUT2D eigenvalue weighted by Gasteiger charge is -2.34. The second kappa shape index (κ2) is 9.92. The number of aliphatic hydroxyl groups excluding tert-OH is 1. The molecule has 1 aliphatic heterocycles. The summed E-state index contributed by atoms with van der Waals surface area (Å²) in [4.78, 5) is 3.89. The number of aliphatic hydroxyl groups is 1. The minimum Gasteiger partial charge on any atom is -0.497 e. The van der Waals surface area contributed by atoms with E-state index in [0.29, 0.717) is 6.54 Å². The Morgan fingerprint density at radius 1 is 0.941 bits per heavy atom. The summed E-state index contributed by atoms with van der Waals surface area (Å²) >= 11 is 0. The minimum atomic E-state index is -0.523. The standard InChI is InChI=1S/C29H33N3O2/c1-22-29(28(33)21-30-15-17-31(18-16-30)24-11-7-4-8-12-24)26-19-25(34-2)13-14-27(26)32(22)20-23-9-5-3-6-10-23/h3-14,19,28,33H,15-18,20-21H2,1-2H3/p+1/t28-/m0/s1. The molecule has 1 fully saturated rings. The van der Waals surface area contributed by atoms with E-state index in [9.17, 15) is 5.11 Å². The summed E-state index contributed by atoms with van der Waals surface area (Å²) in [6, 6.07) is 27.3. The van der Waals surface area contributed by atoms with Crippen LogP contribution in [-0.2, 0) is 6.54 Å². The largest absolute Gasteiger partial charge is 0.497 e. The third kappa shape index (κ3) is 4.54. The predicted octanol–water partition coefficient (Wildman–Crippen LogP) is 3.45.